The van der Waals surface area contributed by atoms with Crippen molar-refractivity contribution in [2.24, 2.45) is 5.10 Å². The molecular weight excluding hydrogens is 260 g/mol. The highest BCUT2D eigenvalue weighted by Crippen LogP contribution is 2.28. The first-order valence-electron chi connectivity index (χ1n) is 4.96. The number of aliphatic hydroxyl groups excluding tert-OH is 2. The van der Waals surface area contributed by atoms with Gasteiger partial charge in [0, 0.05) is 6.07 Å². The Morgan fingerprint density at radius 1 is 1.37 bits per heavy atom. The molecule has 10 heteroatoms. The molecule has 0 aliphatic carbocycles. The first-order valence-corrected chi connectivity index (χ1v) is 4.96. The Kier molecular flexibility index (Phi) is 4.85. The van der Waals surface area contributed by atoms with Crippen molar-refractivity contribution in [1.82, 2.24) is 0 Å². The summed E-state index contributed by atoms with van der Waals surface area (Å²) in [6.45, 7) is -0.548. The monoisotopic (exact) mass is 270 g/mol. The zero-order chi connectivity index (χ0) is 14.4. The zero-order valence-electron chi connectivity index (χ0n) is 9.46. The van der Waals surface area contributed by atoms with Crippen molar-refractivity contribution in [1.29, 1.82) is 0 Å². The number of hydrogen-bond acceptors (Lipinski definition) is 8. The molecule has 0 aliphatic heterocycles. The minimum atomic E-state index is -1.20. The maximum absolute atomic E-state index is 10.8. The van der Waals surface area contributed by atoms with Crippen molar-refractivity contribution in [3.05, 3.63) is 38.4 Å². The number of nitro groups is 2. The Morgan fingerprint density at radius 2 is 2.05 bits per heavy atom. The van der Waals surface area contributed by atoms with Gasteiger partial charge in [0.1, 0.15) is 11.8 Å². The predicted molar refractivity (Wildman–Crippen MR) is 65.0 cm³/mol. The van der Waals surface area contributed by atoms with Crippen molar-refractivity contribution < 1.29 is 20.1 Å². The minimum absolute atomic E-state index is 0.0722. The second kappa shape index (κ2) is 6.37. The van der Waals surface area contributed by atoms with Crippen LogP contribution in [0.2, 0.25) is 0 Å². The van der Waals surface area contributed by atoms with E-state index in [1.54, 1.807) is 0 Å². The molecule has 102 valence electrons. The third kappa shape index (κ3) is 3.97. The van der Waals surface area contributed by atoms with Crippen molar-refractivity contribution in [3.8, 4) is 0 Å². The quantitative estimate of drug-likeness (QED) is 0.380. The van der Waals surface area contributed by atoms with Gasteiger partial charge < -0.3 is 10.2 Å². The van der Waals surface area contributed by atoms with E-state index in [1.807, 2.05) is 0 Å². The van der Waals surface area contributed by atoms with E-state index in [1.165, 1.54) is 0 Å². The second-order valence-electron chi connectivity index (χ2n) is 3.36. The lowest BCUT2D eigenvalue weighted by molar-refractivity contribution is -0.393. The third-order valence-electron chi connectivity index (χ3n) is 2.01. The van der Waals surface area contributed by atoms with Gasteiger partial charge in [0.25, 0.3) is 5.69 Å². The molecule has 0 heterocycles. The minimum Gasteiger partial charge on any atom is -0.393 e. The van der Waals surface area contributed by atoms with Crippen molar-refractivity contribution in [2.45, 2.75) is 6.10 Å². The molecule has 3 N–H and O–H groups in total. The lowest BCUT2D eigenvalue weighted by atomic mass is 10.2. The summed E-state index contributed by atoms with van der Waals surface area (Å²) in [5.74, 6) is 0. The molecule has 0 saturated heterocycles. The predicted octanol–water partition coefficient (Wildman–Crippen LogP) is 0.254. The van der Waals surface area contributed by atoms with Gasteiger partial charge in [0.15, 0.2) is 0 Å². The lowest BCUT2D eigenvalue weighted by Crippen LogP contribution is -2.14. The standard InChI is InChI=1S/C9H10N4O6/c14-5-7(15)4-10-11-8-2-1-6(12(16)17)3-9(8)13(18)19/h1-4,7,11,14-15H,5H2/b10-4+. The van der Waals surface area contributed by atoms with Gasteiger partial charge in [0.2, 0.25) is 0 Å². The van der Waals surface area contributed by atoms with Gasteiger partial charge in [-0.15, -0.1) is 0 Å². The van der Waals surface area contributed by atoms with Crippen LogP contribution >= 0.6 is 0 Å². The summed E-state index contributed by atoms with van der Waals surface area (Å²) in [7, 11) is 0. The van der Waals surface area contributed by atoms with Crippen molar-refractivity contribution >= 4 is 23.3 Å². The summed E-state index contributed by atoms with van der Waals surface area (Å²) in [4.78, 5) is 19.7. The van der Waals surface area contributed by atoms with Gasteiger partial charge in [-0.2, -0.15) is 5.10 Å². The fourth-order valence-electron chi connectivity index (χ4n) is 1.12. The van der Waals surface area contributed by atoms with Crippen LogP contribution in [-0.4, -0.2) is 39.0 Å². The Bertz CT molecular complexity index is 517. The number of nitro benzene ring substituents is 2. The molecule has 10 nitrogen and oxygen atoms in total. The van der Waals surface area contributed by atoms with E-state index >= 15 is 0 Å². The molecule has 0 bridgehead atoms. The molecule has 0 spiro atoms. The number of aliphatic hydroxyl groups is 2. The number of rotatable bonds is 6. The highest BCUT2D eigenvalue weighted by molar-refractivity contribution is 5.68. The second-order valence-corrected chi connectivity index (χ2v) is 3.36. The Hall–Kier alpha value is -2.59. The average Bonchev–Trinajstić information content (AvgIpc) is 2.38. The molecule has 1 unspecified atom stereocenters. The van der Waals surface area contributed by atoms with Gasteiger partial charge in [-0.1, -0.05) is 0 Å². The number of hydrazone groups is 1. The summed E-state index contributed by atoms with van der Waals surface area (Å²) in [6, 6.07) is 2.99. The van der Waals surface area contributed by atoms with Crippen LogP contribution in [0.25, 0.3) is 0 Å². The molecular formula is C9H10N4O6. The van der Waals surface area contributed by atoms with Crippen molar-refractivity contribution in [3.63, 3.8) is 0 Å². The fraction of sp³-hybridized carbons (Fsp3) is 0.222. The molecule has 0 radical (unpaired) electrons. The van der Waals surface area contributed by atoms with E-state index < -0.39 is 33.9 Å². The van der Waals surface area contributed by atoms with Crippen LogP contribution in [0.15, 0.2) is 23.3 Å². The summed E-state index contributed by atoms with van der Waals surface area (Å²) >= 11 is 0. The SMILES string of the molecule is O=[N+]([O-])c1ccc(N/N=C/C(O)CO)c([N+](=O)[O-])c1. The van der Waals surface area contributed by atoms with Gasteiger partial charge >= 0.3 is 5.69 Å². The third-order valence-corrected chi connectivity index (χ3v) is 2.01. The van der Waals surface area contributed by atoms with E-state index in [9.17, 15) is 20.2 Å². The molecule has 0 fully saturated rings. The van der Waals surface area contributed by atoms with E-state index in [-0.39, 0.29) is 5.69 Å². The number of anilines is 1. The first-order chi connectivity index (χ1) is 8.95. The van der Waals surface area contributed by atoms with Gasteiger partial charge in [-0.25, -0.2) is 0 Å². The van der Waals surface area contributed by atoms with Crippen LogP contribution in [0.5, 0.6) is 0 Å². The number of benzene rings is 1. The molecule has 1 rings (SSSR count). The van der Waals surface area contributed by atoms with Crippen LogP contribution in [-0.2, 0) is 0 Å². The maximum atomic E-state index is 10.8. The van der Waals surface area contributed by atoms with Crippen molar-refractivity contribution in [2.75, 3.05) is 12.0 Å². The van der Waals surface area contributed by atoms with E-state index in [0.29, 0.717) is 0 Å². The van der Waals surface area contributed by atoms with E-state index in [4.69, 9.17) is 10.2 Å². The molecule has 0 saturated carbocycles. The first kappa shape index (κ1) is 14.5. The Morgan fingerprint density at radius 3 is 2.58 bits per heavy atom. The highest BCUT2D eigenvalue weighted by atomic mass is 16.6. The fourth-order valence-corrected chi connectivity index (χ4v) is 1.12. The Balaban J connectivity index is 2.97. The van der Waals surface area contributed by atoms with Crippen LogP contribution in [0.4, 0.5) is 17.1 Å². The molecule has 1 aromatic rings. The zero-order valence-corrected chi connectivity index (χ0v) is 9.46. The normalized spacial score (nSPS) is 12.3. The molecule has 0 amide bonds. The summed E-state index contributed by atoms with van der Waals surface area (Å²) < 4.78 is 0. The highest BCUT2D eigenvalue weighted by Gasteiger charge is 2.19. The maximum Gasteiger partial charge on any atom is 0.301 e. The van der Waals surface area contributed by atoms with Crippen LogP contribution in [0.3, 0.4) is 0 Å². The van der Waals surface area contributed by atoms with Crippen LogP contribution in [0, 0.1) is 20.2 Å². The molecule has 1 atom stereocenters. The largest absolute Gasteiger partial charge is 0.393 e. The smallest absolute Gasteiger partial charge is 0.301 e. The Labute approximate surface area is 106 Å². The number of hydrogen-bond donors (Lipinski definition) is 3. The number of nitrogens with one attached hydrogen (secondary N) is 1. The van der Waals surface area contributed by atoms with Gasteiger partial charge in [0.05, 0.1) is 28.7 Å². The summed E-state index contributed by atoms with van der Waals surface area (Å²) in [5, 5.41) is 42.2. The summed E-state index contributed by atoms with van der Waals surface area (Å²) in [5.41, 5.74) is 1.24. The van der Waals surface area contributed by atoms with Crippen LogP contribution in [0.1, 0.15) is 0 Å². The molecule has 19 heavy (non-hydrogen) atoms. The average molecular weight is 270 g/mol. The topological polar surface area (TPSA) is 151 Å². The molecule has 1 aromatic carbocycles. The van der Waals surface area contributed by atoms with Gasteiger partial charge in [-0.3, -0.25) is 25.7 Å². The van der Waals surface area contributed by atoms with E-state index in [2.05, 4.69) is 10.5 Å². The molecule has 0 aromatic heterocycles. The molecule has 0 aliphatic rings. The lowest BCUT2D eigenvalue weighted by Gasteiger charge is -2.02. The number of non-ortho nitro benzene ring substituents is 1. The number of nitrogens with zero attached hydrogens (tertiary/aromatic N) is 3. The van der Waals surface area contributed by atoms with Crippen LogP contribution < -0.4 is 5.43 Å². The van der Waals surface area contributed by atoms with E-state index in [0.717, 1.165) is 24.4 Å². The summed E-state index contributed by atoms with van der Waals surface area (Å²) in [6.07, 6.45) is -0.268. The van der Waals surface area contributed by atoms with Gasteiger partial charge in [-0.05, 0) is 6.07 Å².